The maximum Gasteiger partial charge on any atom is 0.227 e. The number of rotatable bonds is 7. The predicted molar refractivity (Wildman–Crippen MR) is 84.5 cm³/mol. The van der Waals surface area contributed by atoms with Gasteiger partial charge in [0.25, 0.3) is 0 Å². The Morgan fingerprint density at radius 2 is 1.90 bits per heavy atom. The quantitative estimate of drug-likeness (QED) is 0.812. The van der Waals surface area contributed by atoms with E-state index in [-0.39, 0.29) is 24.3 Å². The van der Waals surface area contributed by atoms with E-state index in [2.05, 4.69) is 5.32 Å². The van der Waals surface area contributed by atoms with Gasteiger partial charge in [0.1, 0.15) is 5.75 Å². The Kier molecular flexibility index (Phi) is 6.21. The van der Waals surface area contributed by atoms with Crippen molar-refractivity contribution >= 4 is 5.91 Å². The number of hydrogen-bond donors (Lipinski definition) is 2. The number of ether oxygens (including phenoxy) is 1. The fraction of sp³-hybridized carbons (Fsp3) is 0.588. The third kappa shape index (κ3) is 4.74. The molecule has 0 aliphatic rings. The Labute approximate surface area is 127 Å². The van der Waals surface area contributed by atoms with Crippen LogP contribution < -0.4 is 10.1 Å². The summed E-state index contributed by atoms with van der Waals surface area (Å²) < 4.78 is 5.13. The van der Waals surface area contributed by atoms with Crippen LogP contribution in [-0.2, 0) is 4.79 Å². The zero-order chi connectivity index (χ0) is 16.0. The van der Waals surface area contributed by atoms with Crippen LogP contribution in [0.5, 0.6) is 5.75 Å². The van der Waals surface area contributed by atoms with Gasteiger partial charge in [-0.1, -0.05) is 32.9 Å². The second kappa shape index (κ2) is 7.46. The van der Waals surface area contributed by atoms with Crippen molar-refractivity contribution in [3.05, 3.63) is 29.8 Å². The fourth-order valence-electron chi connectivity index (χ4n) is 2.00. The molecule has 2 N–H and O–H groups in total. The molecule has 1 rings (SSSR count). The second-order valence-electron chi connectivity index (χ2n) is 5.96. The third-order valence-electron chi connectivity index (χ3n) is 4.11. The van der Waals surface area contributed by atoms with E-state index in [0.717, 1.165) is 11.3 Å². The number of benzene rings is 1. The summed E-state index contributed by atoms with van der Waals surface area (Å²) in [6, 6.07) is 7.53. The van der Waals surface area contributed by atoms with E-state index in [1.165, 1.54) is 0 Å². The van der Waals surface area contributed by atoms with Crippen molar-refractivity contribution in [1.82, 2.24) is 5.32 Å². The van der Waals surface area contributed by atoms with E-state index in [9.17, 15) is 9.90 Å². The Morgan fingerprint density at radius 3 is 2.33 bits per heavy atom. The second-order valence-corrected chi connectivity index (χ2v) is 5.96. The number of carbonyl (C=O) groups is 1. The van der Waals surface area contributed by atoms with Crippen LogP contribution in [0, 0.1) is 5.92 Å². The van der Waals surface area contributed by atoms with Crippen LogP contribution in [0.2, 0.25) is 0 Å². The molecule has 118 valence electrons. The van der Waals surface area contributed by atoms with Crippen molar-refractivity contribution in [2.75, 3.05) is 13.7 Å². The first-order chi connectivity index (χ1) is 9.81. The van der Waals surface area contributed by atoms with Crippen LogP contribution >= 0.6 is 0 Å². The van der Waals surface area contributed by atoms with E-state index >= 15 is 0 Å². The van der Waals surface area contributed by atoms with Crippen LogP contribution in [0.3, 0.4) is 0 Å². The molecule has 4 heteroatoms. The van der Waals surface area contributed by atoms with Gasteiger partial charge in [-0.15, -0.1) is 0 Å². The molecule has 1 aromatic carbocycles. The summed E-state index contributed by atoms with van der Waals surface area (Å²) in [7, 11) is 1.62. The summed E-state index contributed by atoms with van der Waals surface area (Å²) in [6.45, 7) is 7.86. The lowest BCUT2D eigenvalue weighted by atomic mass is 9.91. The zero-order valence-electron chi connectivity index (χ0n) is 13.6. The maximum absolute atomic E-state index is 12.3. The molecule has 21 heavy (non-hydrogen) atoms. The molecular formula is C17H27NO3. The standard InChI is InChI=1S/C17H27NO3/c1-6-15(13-7-9-14(21-5)10-8-13)16(19)18-11-17(4,20)12(2)3/h7-10,12,15,20H,6,11H2,1-5H3,(H,18,19). The molecule has 0 aromatic heterocycles. The van der Waals surface area contributed by atoms with Gasteiger partial charge in [0.05, 0.1) is 18.6 Å². The van der Waals surface area contributed by atoms with Gasteiger partial charge >= 0.3 is 0 Å². The van der Waals surface area contributed by atoms with Crippen molar-refractivity contribution in [3.8, 4) is 5.75 Å². The molecule has 1 amide bonds. The molecule has 0 aliphatic heterocycles. The fourth-order valence-corrected chi connectivity index (χ4v) is 2.00. The largest absolute Gasteiger partial charge is 0.497 e. The van der Waals surface area contributed by atoms with Gasteiger partial charge in [-0.05, 0) is 37.0 Å². The number of carbonyl (C=O) groups excluding carboxylic acids is 1. The Bertz CT molecular complexity index is 452. The van der Waals surface area contributed by atoms with Gasteiger partial charge in [-0.25, -0.2) is 0 Å². The Morgan fingerprint density at radius 1 is 1.33 bits per heavy atom. The summed E-state index contributed by atoms with van der Waals surface area (Å²) in [5.41, 5.74) is 0.0633. The first kappa shape index (κ1) is 17.5. The summed E-state index contributed by atoms with van der Waals surface area (Å²) >= 11 is 0. The van der Waals surface area contributed by atoms with E-state index in [1.807, 2.05) is 45.0 Å². The zero-order valence-corrected chi connectivity index (χ0v) is 13.6. The van der Waals surface area contributed by atoms with Gasteiger partial charge < -0.3 is 15.2 Å². The molecule has 0 aliphatic carbocycles. The number of amides is 1. The van der Waals surface area contributed by atoms with E-state index in [4.69, 9.17) is 4.74 Å². The summed E-state index contributed by atoms with van der Waals surface area (Å²) in [6.07, 6.45) is 0.710. The topological polar surface area (TPSA) is 58.6 Å². The average molecular weight is 293 g/mol. The molecule has 0 bridgehead atoms. The van der Waals surface area contributed by atoms with Gasteiger partial charge in [0.15, 0.2) is 0 Å². The molecular weight excluding hydrogens is 266 g/mol. The van der Waals surface area contributed by atoms with Crippen molar-refractivity contribution < 1.29 is 14.6 Å². The van der Waals surface area contributed by atoms with E-state index in [1.54, 1.807) is 14.0 Å². The minimum absolute atomic E-state index is 0.0522. The van der Waals surface area contributed by atoms with Gasteiger partial charge in [-0.2, -0.15) is 0 Å². The number of hydrogen-bond acceptors (Lipinski definition) is 3. The van der Waals surface area contributed by atoms with E-state index in [0.29, 0.717) is 6.42 Å². The Balaban J connectivity index is 2.73. The number of aliphatic hydroxyl groups is 1. The summed E-state index contributed by atoms with van der Waals surface area (Å²) in [4.78, 5) is 12.3. The molecule has 0 spiro atoms. The summed E-state index contributed by atoms with van der Waals surface area (Å²) in [5, 5.41) is 13.1. The molecule has 0 radical (unpaired) electrons. The first-order valence-electron chi connectivity index (χ1n) is 7.45. The Hall–Kier alpha value is -1.55. The van der Waals surface area contributed by atoms with Gasteiger partial charge in [0.2, 0.25) is 5.91 Å². The third-order valence-corrected chi connectivity index (χ3v) is 4.11. The van der Waals surface area contributed by atoms with Crippen molar-refractivity contribution in [2.45, 2.75) is 45.6 Å². The molecule has 2 atom stereocenters. The van der Waals surface area contributed by atoms with Gasteiger partial charge in [0, 0.05) is 6.54 Å². The predicted octanol–water partition coefficient (Wildman–Crippen LogP) is 2.71. The van der Waals surface area contributed by atoms with Crippen LogP contribution in [0.4, 0.5) is 0 Å². The summed E-state index contributed by atoms with van der Waals surface area (Å²) in [5.74, 6) is 0.595. The molecule has 1 aromatic rings. The molecule has 2 unspecified atom stereocenters. The van der Waals surface area contributed by atoms with Gasteiger partial charge in [-0.3, -0.25) is 4.79 Å². The minimum Gasteiger partial charge on any atom is -0.497 e. The highest BCUT2D eigenvalue weighted by molar-refractivity contribution is 5.83. The molecule has 0 fully saturated rings. The highest BCUT2D eigenvalue weighted by Gasteiger charge is 2.27. The lowest BCUT2D eigenvalue weighted by molar-refractivity contribution is -0.124. The minimum atomic E-state index is -0.895. The van der Waals surface area contributed by atoms with Crippen LogP contribution in [0.25, 0.3) is 0 Å². The number of nitrogens with one attached hydrogen (secondary N) is 1. The highest BCUT2D eigenvalue weighted by atomic mass is 16.5. The first-order valence-corrected chi connectivity index (χ1v) is 7.45. The van der Waals surface area contributed by atoms with Crippen LogP contribution in [0.15, 0.2) is 24.3 Å². The lowest BCUT2D eigenvalue weighted by Gasteiger charge is -2.28. The monoisotopic (exact) mass is 293 g/mol. The normalized spacial score (nSPS) is 15.4. The smallest absolute Gasteiger partial charge is 0.227 e. The van der Waals surface area contributed by atoms with Crippen LogP contribution in [0.1, 0.15) is 45.6 Å². The molecule has 0 heterocycles. The van der Waals surface area contributed by atoms with Crippen molar-refractivity contribution in [3.63, 3.8) is 0 Å². The molecule has 4 nitrogen and oxygen atoms in total. The van der Waals surface area contributed by atoms with Crippen molar-refractivity contribution in [1.29, 1.82) is 0 Å². The number of methoxy groups -OCH3 is 1. The van der Waals surface area contributed by atoms with Crippen LogP contribution in [-0.4, -0.2) is 30.3 Å². The lowest BCUT2D eigenvalue weighted by Crippen LogP contribution is -2.45. The van der Waals surface area contributed by atoms with E-state index < -0.39 is 5.60 Å². The van der Waals surface area contributed by atoms with Crippen molar-refractivity contribution in [2.24, 2.45) is 5.92 Å². The SMILES string of the molecule is CCC(C(=O)NCC(C)(O)C(C)C)c1ccc(OC)cc1. The highest BCUT2D eigenvalue weighted by Crippen LogP contribution is 2.23. The maximum atomic E-state index is 12.3. The molecule has 0 saturated heterocycles. The average Bonchev–Trinajstić information content (AvgIpc) is 2.46. The molecule has 0 saturated carbocycles.